The van der Waals surface area contributed by atoms with Crippen LogP contribution in [0.25, 0.3) is 22.0 Å². The summed E-state index contributed by atoms with van der Waals surface area (Å²) in [5.41, 5.74) is 0.342. The van der Waals surface area contributed by atoms with E-state index < -0.39 is 35.6 Å². The smallest absolute Gasteiger partial charge is 0.448 e. The van der Waals surface area contributed by atoms with Gasteiger partial charge in [-0.2, -0.15) is 13.2 Å². The minimum Gasteiger partial charge on any atom is -0.478 e. The van der Waals surface area contributed by atoms with E-state index in [-0.39, 0.29) is 22.9 Å². The third kappa shape index (κ3) is 4.36. The molecule has 1 unspecified atom stereocenters. The summed E-state index contributed by atoms with van der Waals surface area (Å²) in [6.07, 6.45) is -4.54. The molecular weight excluding hydrogens is 489 g/mol. The summed E-state index contributed by atoms with van der Waals surface area (Å²) >= 11 is 0. The number of amidine groups is 1. The molecule has 2 aromatic carbocycles. The summed E-state index contributed by atoms with van der Waals surface area (Å²) in [6.45, 7) is 0.809. The molecule has 1 saturated heterocycles. The van der Waals surface area contributed by atoms with E-state index in [1.54, 1.807) is 0 Å². The largest absolute Gasteiger partial charge is 0.478 e. The van der Waals surface area contributed by atoms with Gasteiger partial charge in [0.25, 0.3) is 6.23 Å². The van der Waals surface area contributed by atoms with Crippen molar-refractivity contribution >= 4 is 28.5 Å². The number of oxime groups is 1. The molecule has 36 heavy (non-hydrogen) atoms. The van der Waals surface area contributed by atoms with Gasteiger partial charge in [-0.3, -0.25) is 0 Å². The van der Waals surface area contributed by atoms with Gasteiger partial charge < -0.3 is 20.2 Å². The SMILES string of the molecule is O=C(O)c1ccc(-c2cc(F)cc3c(N4CCC(C5=NOC(C(F)(F)F)N5)CC4)ncnc23)cc1F. The van der Waals surface area contributed by atoms with Gasteiger partial charge in [0.2, 0.25) is 0 Å². The third-order valence-electron chi connectivity index (χ3n) is 6.21. The molecule has 8 nitrogen and oxygen atoms in total. The van der Waals surface area contributed by atoms with Crippen LogP contribution < -0.4 is 10.2 Å². The number of nitrogens with one attached hydrogen (secondary N) is 1. The average Bonchev–Trinajstić information content (AvgIpc) is 3.34. The van der Waals surface area contributed by atoms with Gasteiger partial charge >= 0.3 is 12.1 Å². The number of nitrogens with zero attached hydrogens (tertiary/aromatic N) is 4. The molecule has 5 rings (SSSR count). The summed E-state index contributed by atoms with van der Waals surface area (Å²) in [7, 11) is 0. The van der Waals surface area contributed by atoms with Crippen molar-refractivity contribution in [2.75, 3.05) is 18.0 Å². The van der Waals surface area contributed by atoms with Crippen LogP contribution in [0, 0.1) is 17.6 Å². The summed E-state index contributed by atoms with van der Waals surface area (Å²) in [5.74, 6) is -2.71. The fraction of sp³-hybridized carbons (Fsp3) is 0.304. The molecule has 0 bridgehead atoms. The molecular formula is C23H18F5N5O3. The number of fused-ring (bicyclic) bond motifs is 1. The molecule has 2 aliphatic rings. The van der Waals surface area contributed by atoms with Crippen molar-refractivity contribution in [2.24, 2.45) is 11.1 Å². The van der Waals surface area contributed by atoms with E-state index in [2.05, 4.69) is 25.3 Å². The number of piperidine rings is 1. The summed E-state index contributed by atoms with van der Waals surface area (Å²) < 4.78 is 67.5. The Morgan fingerprint density at radius 1 is 1.11 bits per heavy atom. The summed E-state index contributed by atoms with van der Waals surface area (Å²) in [6, 6.07) is 5.92. The number of aromatic nitrogens is 2. The summed E-state index contributed by atoms with van der Waals surface area (Å²) in [4.78, 5) is 26.0. The lowest BCUT2D eigenvalue weighted by atomic mass is 9.95. The van der Waals surface area contributed by atoms with Crippen LogP contribution in [0.4, 0.5) is 27.8 Å². The van der Waals surface area contributed by atoms with Crippen molar-refractivity contribution in [1.29, 1.82) is 0 Å². The van der Waals surface area contributed by atoms with Crippen LogP contribution in [0.1, 0.15) is 23.2 Å². The van der Waals surface area contributed by atoms with Crippen molar-refractivity contribution < 1.29 is 36.7 Å². The molecule has 3 heterocycles. The number of benzene rings is 2. The topological polar surface area (TPSA) is 99.9 Å². The van der Waals surface area contributed by atoms with Gasteiger partial charge in [0.1, 0.15) is 29.6 Å². The molecule has 1 fully saturated rings. The predicted octanol–water partition coefficient (Wildman–Crippen LogP) is 4.31. The first-order valence-corrected chi connectivity index (χ1v) is 10.9. The second-order valence-electron chi connectivity index (χ2n) is 8.46. The normalized spacial score (nSPS) is 18.6. The second-order valence-corrected chi connectivity index (χ2v) is 8.46. The van der Waals surface area contributed by atoms with Gasteiger partial charge in [0.05, 0.1) is 11.1 Å². The number of hydrogen-bond acceptors (Lipinski definition) is 7. The number of carbonyl (C=O) groups is 1. The number of carboxylic acids is 1. The van der Waals surface area contributed by atoms with E-state index in [0.29, 0.717) is 42.7 Å². The van der Waals surface area contributed by atoms with Gasteiger partial charge in [-0.1, -0.05) is 11.2 Å². The lowest BCUT2D eigenvalue weighted by Gasteiger charge is -2.33. The number of halogens is 5. The van der Waals surface area contributed by atoms with E-state index in [9.17, 15) is 26.7 Å². The van der Waals surface area contributed by atoms with Crippen molar-refractivity contribution in [1.82, 2.24) is 15.3 Å². The first kappa shape index (κ1) is 23.7. The molecule has 2 N–H and O–H groups in total. The lowest BCUT2D eigenvalue weighted by Crippen LogP contribution is -2.46. The molecule has 0 amide bonds. The van der Waals surface area contributed by atoms with Crippen LogP contribution in [0.3, 0.4) is 0 Å². The highest BCUT2D eigenvalue weighted by molar-refractivity contribution is 6.00. The fourth-order valence-corrected chi connectivity index (χ4v) is 4.44. The molecule has 0 aliphatic carbocycles. The quantitative estimate of drug-likeness (QED) is 0.508. The zero-order valence-electron chi connectivity index (χ0n) is 18.4. The molecule has 0 radical (unpaired) electrons. The van der Waals surface area contributed by atoms with Crippen molar-refractivity contribution in [3.05, 3.63) is 53.9 Å². The van der Waals surface area contributed by atoms with Crippen molar-refractivity contribution in [2.45, 2.75) is 25.2 Å². The number of aromatic carboxylic acids is 1. The minimum atomic E-state index is -4.58. The van der Waals surface area contributed by atoms with Crippen LogP contribution in [0.2, 0.25) is 0 Å². The molecule has 1 atom stereocenters. The van der Waals surface area contributed by atoms with E-state index >= 15 is 0 Å². The summed E-state index contributed by atoms with van der Waals surface area (Å²) in [5, 5.41) is 15.3. The molecule has 1 aromatic heterocycles. The van der Waals surface area contributed by atoms with E-state index in [1.807, 2.05) is 4.90 Å². The maximum absolute atomic E-state index is 14.6. The Labute approximate surface area is 200 Å². The Hall–Kier alpha value is -4.03. The highest BCUT2D eigenvalue weighted by Gasteiger charge is 2.46. The predicted molar refractivity (Wildman–Crippen MR) is 118 cm³/mol. The van der Waals surface area contributed by atoms with Gasteiger partial charge in [-0.25, -0.2) is 23.5 Å². The van der Waals surface area contributed by atoms with Gasteiger partial charge in [0.15, 0.2) is 0 Å². The highest BCUT2D eigenvalue weighted by atomic mass is 19.4. The average molecular weight is 507 g/mol. The second kappa shape index (κ2) is 8.88. The Morgan fingerprint density at radius 2 is 1.86 bits per heavy atom. The molecule has 3 aromatic rings. The van der Waals surface area contributed by atoms with Gasteiger partial charge in [0, 0.05) is 30.0 Å². The third-order valence-corrected chi connectivity index (χ3v) is 6.21. The Balaban J connectivity index is 1.41. The number of alkyl halides is 3. The van der Waals surface area contributed by atoms with Crippen molar-refractivity contribution in [3.8, 4) is 11.1 Å². The maximum atomic E-state index is 14.6. The monoisotopic (exact) mass is 507 g/mol. The first-order chi connectivity index (χ1) is 17.1. The van der Waals surface area contributed by atoms with Crippen LogP contribution in [0.15, 0.2) is 41.8 Å². The number of anilines is 1. The van der Waals surface area contributed by atoms with Crippen LogP contribution in [-0.2, 0) is 4.84 Å². The van der Waals surface area contributed by atoms with E-state index in [0.717, 1.165) is 12.1 Å². The van der Waals surface area contributed by atoms with E-state index in [1.165, 1.54) is 24.5 Å². The van der Waals surface area contributed by atoms with Gasteiger partial charge in [-0.15, -0.1) is 0 Å². The molecule has 13 heteroatoms. The lowest BCUT2D eigenvalue weighted by molar-refractivity contribution is -0.218. The van der Waals surface area contributed by atoms with Crippen LogP contribution >= 0.6 is 0 Å². The van der Waals surface area contributed by atoms with Gasteiger partial charge in [-0.05, 0) is 42.7 Å². The zero-order chi connectivity index (χ0) is 25.6. The van der Waals surface area contributed by atoms with E-state index in [4.69, 9.17) is 5.11 Å². The maximum Gasteiger partial charge on any atom is 0.448 e. The zero-order valence-corrected chi connectivity index (χ0v) is 18.4. The molecule has 2 aliphatic heterocycles. The Morgan fingerprint density at radius 3 is 2.50 bits per heavy atom. The molecule has 188 valence electrons. The number of hydrogen-bond donors (Lipinski definition) is 2. The first-order valence-electron chi connectivity index (χ1n) is 10.9. The molecule has 0 saturated carbocycles. The van der Waals surface area contributed by atoms with Crippen LogP contribution in [0.5, 0.6) is 0 Å². The Bertz CT molecular complexity index is 1370. The fourth-order valence-electron chi connectivity index (χ4n) is 4.44. The molecule has 0 spiro atoms. The standard InChI is InChI=1S/C23H18F5N5O3/c24-13-8-15(12-1-2-14(21(34)35)17(25)7-12)18-16(9-13)20(30-10-29-18)33-5-3-11(4-6-33)19-31-22(36-32-19)23(26,27)28/h1-2,7-11,22H,3-6H2,(H,31,32)(H,34,35). The number of rotatable bonds is 4. The van der Waals surface area contributed by atoms with Crippen LogP contribution in [-0.4, -0.2) is 52.4 Å². The van der Waals surface area contributed by atoms with Crippen molar-refractivity contribution in [3.63, 3.8) is 0 Å². The number of carboxylic acid groups (broad SMARTS) is 1. The highest BCUT2D eigenvalue weighted by Crippen LogP contribution is 2.35. The minimum absolute atomic E-state index is 0.143. The Kier molecular flexibility index (Phi) is 5.85.